The van der Waals surface area contributed by atoms with Gasteiger partial charge < -0.3 is 9.84 Å². The van der Waals surface area contributed by atoms with Gasteiger partial charge in [-0.3, -0.25) is 0 Å². The van der Waals surface area contributed by atoms with E-state index in [2.05, 4.69) is 0 Å². The molecule has 1 N–H and O–H groups in total. The van der Waals surface area contributed by atoms with Crippen LogP contribution in [0, 0.1) is 11.6 Å². The molecule has 1 atom stereocenters. The predicted molar refractivity (Wildman–Crippen MR) is 61.8 cm³/mol. The summed E-state index contributed by atoms with van der Waals surface area (Å²) in [4.78, 5) is 0. The number of benzene rings is 1. The number of hydrogen-bond donors (Lipinski definition) is 1. The van der Waals surface area contributed by atoms with Crippen molar-refractivity contribution in [2.75, 3.05) is 6.61 Å². The van der Waals surface area contributed by atoms with Crippen LogP contribution >= 0.6 is 0 Å². The van der Waals surface area contributed by atoms with Gasteiger partial charge in [0, 0.05) is 13.0 Å². The van der Waals surface area contributed by atoms with Gasteiger partial charge in [0.05, 0.1) is 11.7 Å². The van der Waals surface area contributed by atoms with Crippen molar-refractivity contribution in [2.45, 2.75) is 38.9 Å². The Labute approximate surface area is 100 Å². The molecule has 2 nitrogen and oxygen atoms in total. The number of aliphatic hydroxyl groups is 1. The highest BCUT2D eigenvalue weighted by Gasteiger charge is 2.29. The lowest BCUT2D eigenvalue weighted by Crippen LogP contribution is -2.40. The summed E-state index contributed by atoms with van der Waals surface area (Å²) >= 11 is 0. The first-order valence-electron chi connectivity index (χ1n) is 5.63. The second kappa shape index (κ2) is 5.56. The summed E-state index contributed by atoms with van der Waals surface area (Å²) in [5, 5.41) is 9.96. The smallest absolute Gasteiger partial charge is 0.162 e. The lowest BCUT2D eigenvalue weighted by molar-refractivity contribution is -0.0957. The number of hydrogen-bond acceptors (Lipinski definition) is 2. The third-order valence-electron chi connectivity index (χ3n) is 2.76. The zero-order chi connectivity index (χ0) is 13.1. The number of halogens is 2. The molecule has 1 unspecified atom stereocenters. The van der Waals surface area contributed by atoms with Crippen LogP contribution in [-0.2, 0) is 11.2 Å². The minimum absolute atomic E-state index is 0.0244. The molecular formula is C13H18F2O2. The molecule has 0 fully saturated rings. The van der Waals surface area contributed by atoms with Gasteiger partial charge in [0.15, 0.2) is 11.6 Å². The Bertz CT molecular complexity index is 378. The van der Waals surface area contributed by atoms with E-state index in [4.69, 9.17) is 4.74 Å². The first-order chi connectivity index (χ1) is 7.88. The largest absolute Gasteiger partial charge is 0.390 e. The van der Waals surface area contributed by atoms with Crippen LogP contribution < -0.4 is 0 Å². The maximum Gasteiger partial charge on any atom is 0.162 e. The van der Waals surface area contributed by atoms with E-state index in [0.717, 1.165) is 6.07 Å². The van der Waals surface area contributed by atoms with E-state index in [1.165, 1.54) is 12.1 Å². The molecule has 17 heavy (non-hydrogen) atoms. The zero-order valence-corrected chi connectivity index (χ0v) is 10.3. The van der Waals surface area contributed by atoms with Crippen molar-refractivity contribution in [2.24, 2.45) is 0 Å². The topological polar surface area (TPSA) is 29.5 Å². The normalized spacial score (nSPS) is 13.8. The van der Waals surface area contributed by atoms with Gasteiger partial charge in [-0.25, -0.2) is 8.78 Å². The quantitative estimate of drug-likeness (QED) is 0.863. The maximum atomic E-state index is 13.4. The predicted octanol–water partition coefficient (Wildman–Crippen LogP) is 2.68. The van der Waals surface area contributed by atoms with Crippen LogP contribution in [0.25, 0.3) is 0 Å². The summed E-state index contributed by atoms with van der Waals surface area (Å²) in [5.74, 6) is -1.80. The third kappa shape index (κ3) is 3.48. The van der Waals surface area contributed by atoms with Crippen molar-refractivity contribution in [1.29, 1.82) is 0 Å². The number of rotatable bonds is 5. The molecule has 0 aliphatic rings. The molecule has 0 aliphatic carbocycles. The van der Waals surface area contributed by atoms with Crippen LogP contribution in [-0.4, -0.2) is 23.4 Å². The van der Waals surface area contributed by atoms with Gasteiger partial charge in [-0.05, 0) is 32.4 Å². The maximum absolute atomic E-state index is 13.4. The lowest BCUT2D eigenvalue weighted by Gasteiger charge is -2.30. The second-order valence-corrected chi connectivity index (χ2v) is 4.47. The molecule has 1 aromatic carbocycles. The van der Waals surface area contributed by atoms with Gasteiger partial charge in [0.25, 0.3) is 0 Å². The second-order valence-electron chi connectivity index (χ2n) is 4.47. The van der Waals surface area contributed by atoms with Gasteiger partial charge in [-0.2, -0.15) is 0 Å². The highest BCUT2D eigenvalue weighted by Crippen LogP contribution is 2.21. The van der Waals surface area contributed by atoms with E-state index < -0.39 is 23.3 Å². The van der Waals surface area contributed by atoms with Crippen molar-refractivity contribution in [3.05, 3.63) is 35.4 Å². The molecule has 0 radical (unpaired) electrons. The molecule has 0 spiro atoms. The SMILES string of the molecule is CCOC(C)(C)C(O)Cc1cccc(F)c1F. The monoisotopic (exact) mass is 244 g/mol. The molecule has 4 heteroatoms. The standard InChI is InChI=1S/C13H18F2O2/c1-4-17-13(2,3)11(16)8-9-6-5-7-10(14)12(9)15/h5-7,11,16H,4,8H2,1-3H3. The molecule has 0 aromatic heterocycles. The van der Waals surface area contributed by atoms with Crippen LogP contribution in [0.5, 0.6) is 0 Å². The fraction of sp³-hybridized carbons (Fsp3) is 0.538. The molecule has 0 amide bonds. The highest BCUT2D eigenvalue weighted by molar-refractivity contribution is 5.20. The molecular weight excluding hydrogens is 226 g/mol. The number of ether oxygens (including phenoxy) is 1. The van der Waals surface area contributed by atoms with Crippen LogP contribution in [0.15, 0.2) is 18.2 Å². The van der Waals surface area contributed by atoms with E-state index in [1.807, 2.05) is 6.92 Å². The van der Waals surface area contributed by atoms with Crippen molar-refractivity contribution in [3.8, 4) is 0 Å². The molecule has 0 saturated heterocycles. The van der Waals surface area contributed by atoms with Crippen LogP contribution in [0.2, 0.25) is 0 Å². The first kappa shape index (κ1) is 14.1. The average Bonchev–Trinajstić information content (AvgIpc) is 2.24. The molecule has 0 aliphatic heterocycles. The van der Waals surface area contributed by atoms with Gasteiger partial charge in [-0.15, -0.1) is 0 Å². The summed E-state index contributed by atoms with van der Waals surface area (Å²) in [6.45, 7) is 5.71. The Hall–Kier alpha value is -1.00. The fourth-order valence-corrected chi connectivity index (χ4v) is 1.63. The minimum atomic E-state index is -0.904. The summed E-state index contributed by atoms with van der Waals surface area (Å²) in [7, 11) is 0. The van der Waals surface area contributed by atoms with Crippen molar-refractivity contribution < 1.29 is 18.6 Å². The molecule has 0 heterocycles. The molecule has 0 bridgehead atoms. The number of aliphatic hydroxyl groups excluding tert-OH is 1. The van der Waals surface area contributed by atoms with Gasteiger partial charge >= 0.3 is 0 Å². The van der Waals surface area contributed by atoms with E-state index in [0.29, 0.717) is 6.61 Å². The molecule has 1 aromatic rings. The minimum Gasteiger partial charge on any atom is -0.390 e. The zero-order valence-electron chi connectivity index (χ0n) is 10.3. The summed E-state index contributed by atoms with van der Waals surface area (Å²) in [5.41, 5.74) is -0.627. The summed E-state index contributed by atoms with van der Waals surface area (Å²) in [6, 6.07) is 3.94. The Kier molecular flexibility index (Phi) is 4.60. The summed E-state index contributed by atoms with van der Waals surface area (Å²) < 4.78 is 31.8. The van der Waals surface area contributed by atoms with Gasteiger partial charge in [-0.1, -0.05) is 12.1 Å². The molecule has 1 rings (SSSR count). The van der Waals surface area contributed by atoms with Crippen molar-refractivity contribution in [3.63, 3.8) is 0 Å². The van der Waals surface area contributed by atoms with Crippen LogP contribution in [0.1, 0.15) is 26.3 Å². The Morgan fingerprint density at radius 1 is 1.35 bits per heavy atom. The molecule has 96 valence electrons. The van der Waals surface area contributed by atoms with Crippen LogP contribution in [0.4, 0.5) is 8.78 Å². The summed E-state index contributed by atoms with van der Waals surface area (Å²) in [6.07, 6.45) is -0.866. The third-order valence-corrected chi connectivity index (χ3v) is 2.76. The average molecular weight is 244 g/mol. The Morgan fingerprint density at radius 3 is 2.59 bits per heavy atom. The van der Waals surface area contributed by atoms with E-state index >= 15 is 0 Å². The Balaban J connectivity index is 2.81. The van der Waals surface area contributed by atoms with Gasteiger partial charge in [0.2, 0.25) is 0 Å². The van der Waals surface area contributed by atoms with Gasteiger partial charge in [0.1, 0.15) is 0 Å². The highest BCUT2D eigenvalue weighted by atomic mass is 19.2. The lowest BCUT2D eigenvalue weighted by atomic mass is 9.94. The first-order valence-corrected chi connectivity index (χ1v) is 5.63. The van der Waals surface area contributed by atoms with Crippen molar-refractivity contribution in [1.82, 2.24) is 0 Å². The van der Waals surface area contributed by atoms with E-state index in [9.17, 15) is 13.9 Å². The Morgan fingerprint density at radius 2 is 2.00 bits per heavy atom. The fourth-order valence-electron chi connectivity index (χ4n) is 1.63. The molecule has 0 saturated carbocycles. The van der Waals surface area contributed by atoms with E-state index in [-0.39, 0.29) is 12.0 Å². The van der Waals surface area contributed by atoms with Crippen molar-refractivity contribution >= 4 is 0 Å². The van der Waals surface area contributed by atoms with Crippen LogP contribution in [0.3, 0.4) is 0 Å². The van der Waals surface area contributed by atoms with E-state index in [1.54, 1.807) is 13.8 Å².